The molecular weight excluding hydrogens is 410 g/mol. The van der Waals surface area contributed by atoms with Gasteiger partial charge in [-0.2, -0.15) is 0 Å². The Morgan fingerprint density at radius 3 is 2.44 bits per heavy atom. The summed E-state index contributed by atoms with van der Waals surface area (Å²) in [6.07, 6.45) is -0.0203. The molecule has 0 spiro atoms. The molecule has 1 fully saturated rings. The Bertz CT molecular complexity index is 999. The Kier molecular flexibility index (Phi) is 6.62. The molecule has 2 N–H and O–H groups in total. The van der Waals surface area contributed by atoms with Crippen molar-refractivity contribution in [3.8, 4) is 11.5 Å². The molecule has 0 aromatic heterocycles. The first-order valence-corrected chi connectivity index (χ1v) is 10.8. The van der Waals surface area contributed by atoms with Crippen molar-refractivity contribution in [1.29, 1.82) is 0 Å². The van der Waals surface area contributed by atoms with E-state index in [0.717, 1.165) is 22.6 Å². The minimum absolute atomic E-state index is 0.0101. The van der Waals surface area contributed by atoms with Crippen molar-refractivity contribution in [3.05, 3.63) is 53.1 Å². The number of anilines is 1. The van der Waals surface area contributed by atoms with Gasteiger partial charge in [-0.1, -0.05) is 6.07 Å². The highest BCUT2D eigenvalue weighted by atomic mass is 16.7. The zero-order valence-corrected chi connectivity index (χ0v) is 18.6. The number of rotatable bonds is 6. The minimum atomic E-state index is -0.178. The first kappa shape index (κ1) is 22.1. The highest BCUT2D eigenvalue weighted by molar-refractivity contribution is 5.97. The van der Waals surface area contributed by atoms with Gasteiger partial charge in [-0.05, 0) is 55.3 Å². The fourth-order valence-electron chi connectivity index (χ4n) is 4.12. The predicted octanol–water partition coefficient (Wildman–Crippen LogP) is 2.91. The normalized spacial score (nSPS) is 19.7. The number of nitrogens with one attached hydrogen (secondary N) is 2. The van der Waals surface area contributed by atoms with Crippen LogP contribution in [0.2, 0.25) is 0 Å². The monoisotopic (exact) mass is 439 g/mol. The number of morpholine rings is 1. The maximum atomic E-state index is 13.2. The van der Waals surface area contributed by atoms with Crippen molar-refractivity contribution in [2.45, 2.75) is 46.1 Å². The molecule has 2 aromatic rings. The van der Waals surface area contributed by atoms with Crippen molar-refractivity contribution >= 4 is 17.5 Å². The number of amides is 2. The molecule has 4 rings (SSSR count). The number of hydrogen-bond acceptors (Lipinski definition) is 6. The summed E-state index contributed by atoms with van der Waals surface area (Å²) in [7, 11) is 0. The first-order valence-electron chi connectivity index (χ1n) is 10.8. The molecule has 1 saturated heterocycles. The number of hydrogen-bond donors (Lipinski definition) is 2. The van der Waals surface area contributed by atoms with E-state index in [2.05, 4.69) is 10.6 Å². The predicted molar refractivity (Wildman–Crippen MR) is 120 cm³/mol. The van der Waals surface area contributed by atoms with Crippen molar-refractivity contribution in [2.24, 2.45) is 0 Å². The average Bonchev–Trinajstić information content (AvgIpc) is 3.20. The third-order valence-corrected chi connectivity index (χ3v) is 5.36. The fraction of sp³-hybridized carbons (Fsp3) is 0.417. The van der Waals surface area contributed by atoms with Crippen molar-refractivity contribution in [3.63, 3.8) is 0 Å². The number of fused-ring (bicyclic) bond motifs is 1. The van der Waals surface area contributed by atoms with Crippen LogP contribution in [0.4, 0.5) is 5.69 Å². The fourth-order valence-corrected chi connectivity index (χ4v) is 4.12. The smallest absolute Gasteiger partial charge is 0.254 e. The van der Waals surface area contributed by atoms with E-state index in [9.17, 15) is 9.59 Å². The number of ether oxygens (including phenoxy) is 3. The van der Waals surface area contributed by atoms with Crippen LogP contribution < -0.4 is 20.1 Å². The largest absolute Gasteiger partial charge is 0.454 e. The van der Waals surface area contributed by atoms with Crippen molar-refractivity contribution < 1.29 is 23.8 Å². The van der Waals surface area contributed by atoms with Crippen LogP contribution in [-0.2, 0) is 22.6 Å². The second kappa shape index (κ2) is 9.58. The standard InChI is InChI=1S/C24H29N3O5/c1-15-12-27(13-16(2)32-15)24(29)20-6-19(7-21(9-20)26-17(3)28)11-25-10-18-4-5-22-23(8-18)31-14-30-22/h4-9,15-16,25H,10-14H2,1-3H3,(H,26,28)/t15-,16+. The van der Waals surface area contributed by atoms with E-state index in [1.807, 2.05) is 49.1 Å². The zero-order valence-electron chi connectivity index (χ0n) is 18.6. The summed E-state index contributed by atoms with van der Waals surface area (Å²) >= 11 is 0. The lowest BCUT2D eigenvalue weighted by atomic mass is 10.1. The highest BCUT2D eigenvalue weighted by Gasteiger charge is 2.27. The van der Waals surface area contributed by atoms with Crippen LogP contribution in [0.3, 0.4) is 0 Å². The molecule has 2 aliphatic rings. The van der Waals surface area contributed by atoms with Crippen LogP contribution in [0, 0.1) is 0 Å². The zero-order chi connectivity index (χ0) is 22.7. The lowest BCUT2D eigenvalue weighted by Crippen LogP contribution is -2.48. The molecule has 32 heavy (non-hydrogen) atoms. The van der Waals surface area contributed by atoms with Gasteiger partial charge in [0.1, 0.15) is 0 Å². The van der Waals surface area contributed by atoms with Crippen LogP contribution in [0.5, 0.6) is 11.5 Å². The van der Waals surface area contributed by atoms with Gasteiger partial charge in [-0.3, -0.25) is 9.59 Å². The van der Waals surface area contributed by atoms with E-state index >= 15 is 0 Å². The SMILES string of the molecule is CC(=O)Nc1cc(CNCc2ccc3c(c2)OCO3)cc(C(=O)N2C[C@@H](C)O[C@@H](C)C2)c1. The van der Waals surface area contributed by atoms with Gasteiger partial charge in [0.2, 0.25) is 12.7 Å². The molecule has 170 valence electrons. The second-order valence-electron chi connectivity index (χ2n) is 8.36. The molecule has 0 unspecified atom stereocenters. The van der Waals surface area contributed by atoms with E-state index in [0.29, 0.717) is 37.4 Å². The summed E-state index contributed by atoms with van der Waals surface area (Å²) in [6.45, 7) is 7.90. The van der Waals surface area contributed by atoms with E-state index in [1.165, 1.54) is 6.92 Å². The number of carbonyl (C=O) groups excluding carboxylic acids is 2. The molecular formula is C24H29N3O5. The van der Waals surface area contributed by atoms with Crippen LogP contribution in [0.25, 0.3) is 0 Å². The maximum absolute atomic E-state index is 13.2. The van der Waals surface area contributed by atoms with E-state index in [-0.39, 0.29) is 30.8 Å². The molecule has 0 radical (unpaired) electrons. The molecule has 0 saturated carbocycles. The van der Waals surface area contributed by atoms with Gasteiger partial charge in [0.25, 0.3) is 5.91 Å². The van der Waals surface area contributed by atoms with E-state index in [1.54, 1.807) is 6.07 Å². The van der Waals surface area contributed by atoms with Crippen LogP contribution in [0.1, 0.15) is 42.3 Å². The molecule has 0 bridgehead atoms. The summed E-state index contributed by atoms with van der Waals surface area (Å²) in [6, 6.07) is 11.3. The molecule has 2 atom stereocenters. The van der Waals surface area contributed by atoms with Gasteiger partial charge < -0.3 is 29.7 Å². The quantitative estimate of drug-likeness (QED) is 0.720. The van der Waals surface area contributed by atoms with E-state index < -0.39 is 0 Å². The van der Waals surface area contributed by atoms with Crippen molar-refractivity contribution in [1.82, 2.24) is 10.2 Å². The van der Waals surface area contributed by atoms with Gasteiger partial charge >= 0.3 is 0 Å². The summed E-state index contributed by atoms with van der Waals surface area (Å²) in [5, 5.41) is 6.20. The van der Waals surface area contributed by atoms with Crippen LogP contribution in [0.15, 0.2) is 36.4 Å². The Balaban J connectivity index is 1.47. The molecule has 8 heteroatoms. The topological polar surface area (TPSA) is 89.1 Å². The second-order valence-corrected chi connectivity index (χ2v) is 8.36. The molecule has 2 aliphatic heterocycles. The average molecular weight is 440 g/mol. The maximum Gasteiger partial charge on any atom is 0.254 e. The minimum Gasteiger partial charge on any atom is -0.454 e. The molecule has 2 amide bonds. The lowest BCUT2D eigenvalue weighted by Gasteiger charge is -2.35. The Hall–Kier alpha value is -3.10. The molecule has 0 aliphatic carbocycles. The molecule has 2 aromatic carbocycles. The number of benzene rings is 2. The number of nitrogens with zero attached hydrogens (tertiary/aromatic N) is 1. The first-order chi connectivity index (χ1) is 15.4. The summed E-state index contributed by atoms with van der Waals surface area (Å²) < 4.78 is 16.5. The van der Waals surface area contributed by atoms with Gasteiger partial charge in [0.15, 0.2) is 11.5 Å². The third kappa shape index (κ3) is 5.38. The molecule has 2 heterocycles. The van der Waals surface area contributed by atoms with Crippen molar-refractivity contribution in [2.75, 3.05) is 25.2 Å². The molecule has 8 nitrogen and oxygen atoms in total. The summed E-state index contributed by atoms with van der Waals surface area (Å²) in [4.78, 5) is 26.6. The Labute approximate surface area is 187 Å². The summed E-state index contributed by atoms with van der Waals surface area (Å²) in [5.41, 5.74) is 3.14. The highest BCUT2D eigenvalue weighted by Crippen LogP contribution is 2.32. The number of carbonyl (C=O) groups is 2. The Morgan fingerprint density at radius 1 is 0.969 bits per heavy atom. The lowest BCUT2D eigenvalue weighted by molar-refractivity contribution is -0.114. The summed E-state index contributed by atoms with van der Waals surface area (Å²) in [5.74, 6) is 1.27. The van der Waals surface area contributed by atoms with Gasteiger partial charge in [-0.25, -0.2) is 0 Å². The third-order valence-electron chi connectivity index (χ3n) is 5.36. The van der Waals surface area contributed by atoms with Crippen LogP contribution >= 0.6 is 0 Å². The van der Waals surface area contributed by atoms with E-state index in [4.69, 9.17) is 14.2 Å². The van der Waals surface area contributed by atoms with Crippen LogP contribution in [-0.4, -0.2) is 48.8 Å². The van der Waals surface area contributed by atoms with Gasteiger partial charge in [0.05, 0.1) is 12.2 Å². The van der Waals surface area contributed by atoms with Gasteiger partial charge in [0, 0.05) is 44.4 Å². The van der Waals surface area contributed by atoms with Gasteiger partial charge in [-0.15, -0.1) is 0 Å². The Morgan fingerprint density at radius 2 is 1.69 bits per heavy atom.